The Labute approximate surface area is 123 Å². The number of halogens is 1. The normalized spacial score (nSPS) is 15.2. The first-order chi connectivity index (χ1) is 9.74. The molecule has 1 unspecified atom stereocenters. The number of alkyl halides is 1. The van der Waals surface area contributed by atoms with Gasteiger partial charge in [0.05, 0.1) is 0 Å². The second kappa shape index (κ2) is 7.31. The summed E-state index contributed by atoms with van der Waals surface area (Å²) >= 11 is 5.73. The maximum absolute atomic E-state index is 11.3. The van der Waals surface area contributed by atoms with Crippen molar-refractivity contribution in [1.29, 1.82) is 0 Å². The van der Waals surface area contributed by atoms with E-state index in [9.17, 15) is 4.79 Å². The average molecular weight is 296 g/mol. The van der Waals surface area contributed by atoms with Crippen LogP contribution in [0, 0.1) is 0 Å². The standard InChI is InChI=1S/C15H18ClNO3/c1-2-19-20-14(4-3-9-16)12-5-7-13-11(10-12)6-8-15(18)17-13/h2,5,7,10,14H,1,3-4,6,8-9H2,(H,17,18). The van der Waals surface area contributed by atoms with Crippen molar-refractivity contribution in [1.82, 2.24) is 0 Å². The molecular formula is C15H18ClNO3. The maximum atomic E-state index is 11.3. The Kier molecular flexibility index (Phi) is 5.44. The molecule has 1 amide bonds. The summed E-state index contributed by atoms with van der Waals surface area (Å²) < 4.78 is 0. The van der Waals surface area contributed by atoms with Crippen LogP contribution in [0.5, 0.6) is 0 Å². The van der Waals surface area contributed by atoms with Gasteiger partial charge >= 0.3 is 0 Å². The number of benzene rings is 1. The van der Waals surface area contributed by atoms with Crippen LogP contribution in [0.15, 0.2) is 31.0 Å². The van der Waals surface area contributed by atoms with Gasteiger partial charge in [-0.15, -0.1) is 11.6 Å². The van der Waals surface area contributed by atoms with Crippen LogP contribution < -0.4 is 5.32 Å². The van der Waals surface area contributed by atoms with Crippen LogP contribution >= 0.6 is 11.6 Å². The van der Waals surface area contributed by atoms with Gasteiger partial charge in [0.1, 0.15) is 12.4 Å². The van der Waals surface area contributed by atoms with Gasteiger partial charge in [0.25, 0.3) is 0 Å². The highest BCUT2D eigenvalue weighted by atomic mass is 35.5. The topological polar surface area (TPSA) is 47.6 Å². The minimum absolute atomic E-state index is 0.0650. The lowest BCUT2D eigenvalue weighted by Crippen LogP contribution is -2.19. The van der Waals surface area contributed by atoms with Gasteiger partial charge in [-0.1, -0.05) is 18.7 Å². The van der Waals surface area contributed by atoms with Crippen molar-refractivity contribution in [3.8, 4) is 0 Å². The fourth-order valence-corrected chi connectivity index (χ4v) is 2.40. The number of rotatable bonds is 7. The maximum Gasteiger partial charge on any atom is 0.224 e. The van der Waals surface area contributed by atoms with E-state index in [4.69, 9.17) is 21.4 Å². The molecule has 1 aliphatic rings. The molecule has 0 saturated carbocycles. The van der Waals surface area contributed by atoms with Gasteiger partial charge in [-0.05, 0) is 36.5 Å². The first-order valence-corrected chi connectivity index (χ1v) is 7.19. The number of amides is 1. The Bertz CT molecular complexity index is 490. The average Bonchev–Trinajstić information content (AvgIpc) is 2.47. The molecule has 2 rings (SSSR count). The fourth-order valence-electron chi connectivity index (χ4n) is 2.24. The molecule has 1 aliphatic heterocycles. The first-order valence-electron chi connectivity index (χ1n) is 6.66. The van der Waals surface area contributed by atoms with E-state index < -0.39 is 0 Å². The summed E-state index contributed by atoms with van der Waals surface area (Å²) in [4.78, 5) is 21.5. The molecule has 0 radical (unpaired) electrons. The number of nitrogens with one attached hydrogen (secondary N) is 1. The van der Waals surface area contributed by atoms with Crippen molar-refractivity contribution < 1.29 is 14.6 Å². The monoisotopic (exact) mass is 295 g/mol. The molecule has 1 aromatic rings. The quantitative estimate of drug-likeness (QED) is 0.361. The van der Waals surface area contributed by atoms with Crippen LogP contribution in [0.3, 0.4) is 0 Å². The second-order valence-electron chi connectivity index (χ2n) is 4.64. The summed E-state index contributed by atoms with van der Waals surface area (Å²) in [6.45, 7) is 3.46. The highest BCUT2D eigenvalue weighted by Crippen LogP contribution is 2.30. The van der Waals surface area contributed by atoms with Crippen LogP contribution in [-0.4, -0.2) is 11.8 Å². The molecular weight excluding hydrogens is 278 g/mol. The van der Waals surface area contributed by atoms with E-state index in [0.29, 0.717) is 12.3 Å². The Balaban J connectivity index is 2.15. The minimum atomic E-state index is -0.185. The van der Waals surface area contributed by atoms with Crippen LogP contribution in [0.4, 0.5) is 5.69 Å². The molecule has 4 nitrogen and oxygen atoms in total. The molecule has 5 heteroatoms. The zero-order valence-corrected chi connectivity index (χ0v) is 12.0. The van der Waals surface area contributed by atoms with Crippen LogP contribution in [0.2, 0.25) is 0 Å². The highest BCUT2D eigenvalue weighted by Gasteiger charge is 2.19. The van der Waals surface area contributed by atoms with E-state index in [0.717, 1.165) is 36.1 Å². The van der Waals surface area contributed by atoms with Crippen LogP contribution in [0.25, 0.3) is 0 Å². The van der Waals surface area contributed by atoms with Gasteiger partial charge < -0.3 is 10.2 Å². The SMILES string of the molecule is C=COOC(CCCCl)c1ccc2c(c1)CCC(=O)N2. The van der Waals surface area contributed by atoms with E-state index in [1.54, 1.807) is 0 Å². The zero-order chi connectivity index (χ0) is 14.4. The van der Waals surface area contributed by atoms with E-state index in [1.165, 1.54) is 6.26 Å². The molecule has 1 heterocycles. The van der Waals surface area contributed by atoms with Gasteiger partial charge in [0, 0.05) is 18.0 Å². The van der Waals surface area contributed by atoms with Crippen molar-refractivity contribution in [2.45, 2.75) is 31.8 Å². The summed E-state index contributed by atoms with van der Waals surface area (Å²) in [5.74, 6) is 0.643. The highest BCUT2D eigenvalue weighted by molar-refractivity contribution is 6.17. The van der Waals surface area contributed by atoms with Crippen molar-refractivity contribution in [2.75, 3.05) is 11.2 Å². The molecule has 20 heavy (non-hydrogen) atoms. The van der Waals surface area contributed by atoms with Gasteiger partial charge in [-0.3, -0.25) is 4.79 Å². The lowest BCUT2D eigenvalue weighted by molar-refractivity contribution is -0.287. The Morgan fingerprint density at radius 1 is 1.45 bits per heavy atom. The lowest BCUT2D eigenvalue weighted by atomic mass is 9.97. The first kappa shape index (κ1) is 14.9. The molecule has 0 aliphatic carbocycles. The van der Waals surface area contributed by atoms with E-state index in [2.05, 4.69) is 18.0 Å². The molecule has 0 saturated heterocycles. The molecule has 1 atom stereocenters. The van der Waals surface area contributed by atoms with Gasteiger partial charge in [0.2, 0.25) is 5.91 Å². The molecule has 1 N–H and O–H groups in total. The van der Waals surface area contributed by atoms with Gasteiger partial charge in [-0.25, -0.2) is 0 Å². The van der Waals surface area contributed by atoms with E-state index in [-0.39, 0.29) is 12.0 Å². The van der Waals surface area contributed by atoms with E-state index >= 15 is 0 Å². The molecule has 0 aromatic heterocycles. The number of fused-ring (bicyclic) bond motifs is 1. The third-order valence-electron chi connectivity index (χ3n) is 3.24. The fraction of sp³-hybridized carbons (Fsp3) is 0.400. The summed E-state index contributed by atoms with van der Waals surface area (Å²) in [7, 11) is 0. The number of hydrogen-bond donors (Lipinski definition) is 1. The Morgan fingerprint density at radius 3 is 3.05 bits per heavy atom. The van der Waals surface area contributed by atoms with E-state index in [1.807, 2.05) is 12.1 Å². The molecule has 0 spiro atoms. The number of hydrogen-bond acceptors (Lipinski definition) is 3. The lowest BCUT2D eigenvalue weighted by Gasteiger charge is -2.20. The summed E-state index contributed by atoms with van der Waals surface area (Å²) in [6.07, 6.45) is 3.94. The van der Waals surface area contributed by atoms with Gasteiger partial charge in [-0.2, -0.15) is 4.89 Å². The smallest absolute Gasteiger partial charge is 0.224 e. The predicted molar refractivity (Wildman–Crippen MR) is 78.5 cm³/mol. The van der Waals surface area contributed by atoms with Crippen molar-refractivity contribution >= 4 is 23.2 Å². The zero-order valence-electron chi connectivity index (χ0n) is 11.2. The summed E-state index contributed by atoms with van der Waals surface area (Å²) in [5.41, 5.74) is 3.03. The predicted octanol–water partition coefficient (Wildman–Crippen LogP) is 3.72. The van der Waals surface area contributed by atoms with Crippen molar-refractivity contribution in [3.63, 3.8) is 0 Å². The van der Waals surface area contributed by atoms with Crippen LogP contribution in [-0.2, 0) is 21.0 Å². The van der Waals surface area contributed by atoms with Crippen LogP contribution in [0.1, 0.15) is 36.5 Å². The third-order valence-corrected chi connectivity index (χ3v) is 3.50. The number of anilines is 1. The second-order valence-corrected chi connectivity index (χ2v) is 5.02. The largest absolute Gasteiger partial charge is 0.346 e. The molecule has 0 bridgehead atoms. The third kappa shape index (κ3) is 3.74. The summed E-state index contributed by atoms with van der Waals surface area (Å²) in [6, 6.07) is 5.91. The van der Waals surface area contributed by atoms with Gasteiger partial charge in [0.15, 0.2) is 0 Å². The minimum Gasteiger partial charge on any atom is -0.346 e. The number of carbonyl (C=O) groups is 1. The van der Waals surface area contributed by atoms with Crippen molar-refractivity contribution in [3.05, 3.63) is 42.2 Å². The Hall–Kier alpha value is -1.52. The number of carbonyl (C=O) groups excluding carboxylic acids is 1. The molecule has 0 fully saturated rings. The van der Waals surface area contributed by atoms with Crippen molar-refractivity contribution in [2.24, 2.45) is 0 Å². The summed E-state index contributed by atoms with van der Waals surface area (Å²) in [5, 5.41) is 2.86. The molecule has 108 valence electrons. The number of aryl methyl sites for hydroxylation is 1. The Morgan fingerprint density at radius 2 is 2.30 bits per heavy atom. The molecule has 1 aromatic carbocycles.